The highest BCUT2D eigenvalue weighted by molar-refractivity contribution is 4.80. The average molecular weight is 170 g/mol. The summed E-state index contributed by atoms with van der Waals surface area (Å²) in [7, 11) is 0. The summed E-state index contributed by atoms with van der Waals surface area (Å²) < 4.78 is 9.94. The Morgan fingerprint density at radius 2 is 1.25 bits per heavy atom. The topological polar surface area (TPSA) is 18.5 Å². The maximum absolute atomic E-state index is 4.97. The van der Waals surface area contributed by atoms with E-state index in [-0.39, 0.29) is 0 Å². The molecule has 0 amide bonds. The fourth-order valence-electron chi connectivity index (χ4n) is 0.594. The third-order valence-electron chi connectivity index (χ3n) is 1.39. The van der Waals surface area contributed by atoms with Gasteiger partial charge >= 0.3 is 0 Å². The van der Waals surface area contributed by atoms with Gasteiger partial charge in [0.1, 0.15) is 13.2 Å². The zero-order valence-corrected chi connectivity index (χ0v) is 8.06. The zero-order valence-electron chi connectivity index (χ0n) is 8.06. The molecule has 2 heteroatoms. The summed E-state index contributed by atoms with van der Waals surface area (Å²) in [4.78, 5) is 0. The van der Waals surface area contributed by atoms with Crippen LogP contribution in [0.4, 0.5) is 0 Å². The molecule has 0 spiro atoms. The molecule has 0 aliphatic heterocycles. The number of rotatable bonds is 6. The summed E-state index contributed by atoms with van der Waals surface area (Å²) in [5.74, 6) is 0. The predicted molar refractivity (Wildman–Crippen MR) is 49.5 cm³/mol. The van der Waals surface area contributed by atoms with E-state index in [0.717, 1.165) is 25.7 Å². The van der Waals surface area contributed by atoms with E-state index < -0.39 is 0 Å². The molecule has 12 heavy (non-hydrogen) atoms. The first-order valence-electron chi connectivity index (χ1n) is 4.65. The van der Waals surface area contributed by atoms with Crippen LogP contribution in [0.5, 0.6) is 0 Å². The van der Waals surface area contributed by atoms with Crippen molar-refractivity contribution < 1.29 is 9.47 Å². The summed E-state index contributed by atoms with van der Waals surface area (Å²) in [6.45, 7) is 5.66. The maximum atomic E-state index is 4.97. The molecule has 0 atom stereocenters. The fourth-order valence-corrected chi connectivity index (χ4v) is 0.594. The Bertz CT molecular complexity index is 119. The number of hydrogen-bond acceptors (Lipinski definition) is 2. The Morgan fingerprint density at radius 3 is 1.58 bits per heavy atom. The molecule has 0 saturated heterocycles. The first kappa shape index (κ1) is 11.2. The van der Waals surface area contributed by atoms with Gasteiger partial charge in [-0.25, -0.2) is 0 Å². The molecule has 0 heterocycles. The standard InChI is InChI=1S/C10H18O2/c1-3-5-7-11-9-10-12-8-6-4-2/h3-8H2,1-2H3. The van der Waals surface area contributed by atoms with E-state index in [1.165, 1.54) is 0 Å². The molecule has 0 aromatic rings. The Kier molecular flexibility index (Phi) is 9.45. The average Bonchev–Trinajstić information content (AvgIpc) is 2.10. The van der Waals surface area contributed by atoms with Crippen LogP contribution in [0.15, 0.2) is 0 Å². The zero-order chi connectivity index (χ0) is 9.07. The van der Waals surface area contributed by atoms with Gasteiger partial charge in [0.2, 0.25) is 0 Å². The van der Waals surface area contributed by atoms with Gasteiger partial charge in [0, 0.05) is 0 Å². The summed E-state index contributed by atoms with van der Waals surface area (Å²) in [6, 6.07) is 0. The van der Waals surface area contributed by atoms with Crippen molar-refractivity contribution in [3.05, 3.63) is 0 Å². The normalized spacial score (nSPS) is 8.50. The maximum Gasteiger partial charge on any atom is 0.154 e. The summed E-state index contributed by atoms with van der Waals surface area (Å²) in [6.07, 6.45) is 9.41. The van der Waals surface area contributed by atoms with Crippen LogP contribution in [-0.2, 0) is 9.47 Å². The SMILES string of the molecule is CCCCOC#COCCCC. The summed E-state index contributed by atoms with van der Waals surface area (Å²) in [5, 5.41) is 0. The molecule has 2 nitrogen and oxygen atoms in total. The Morgan fingerprint density at radius 1 is 0.833 bits per heavy atom. The monoisotopic (exact) mass is 170 g/mol. The number of unbranched alkanes of at least 4 members (excludes halogenated alkanes) is 2. The van der Waals surface area contributed by atoms with Gasteiger partial charge in [-0.05, 0) is 12.8 Å². The summed E-state index contributed by atoms with van der Waals surface area (Å²) >= 11 is 0. The second kappa shape index (κ2) is 10.2. The lowest BCUT2D eigenvalue weighted by molar-refractivity contribution is 0.241. The molecular formula is C10H18O2. The molecular weight excluding hydrogens is 152 g/mol. The minimum absolute atomic E-state index is 0.709. The van der Waals surface area contributed by atoms with Gasteiger partial charge in [-0.2, -0.15) is 0 Å². The molecule has 0 fully saturated rings. The lowest BCUT2D eigenvalue weighted by Crippen LogP contribution is -1.88. The van der Waals surface area contributed by atoms with Crippen LogP contribution >= 0.6 is 0 Å². The Hall–Kier alpha value is -0.840. The largest absolute Gasteiger partial charge is 0.444 e. The van der Waals surface area contributed by atoms with E-state index in [1.54, 1.807) is 0 Å². The van der Waals surface area contributed by atoms with Crippen molar-refractivity contribution in [1.29, 1.82) is 0 Å². The van der Waals surface area contributed by atoms with Gasteiger partial charge in [0.15, 0.2) is 12.2 Å². The quantitative estimate of drug-likeness (QED) is 0.450. The smallest absolute Gasteiger partial charge is 0.154 e. The third-order valence-corrected chi connectivity index (χ3v) is 1.39. The molecule has 0 bridgehead atoms. The molecule has 0 aromatic carbocycles. The second-order valence-electron chi connectivity index (χ2n) is 2.61. The van der Waals surface area contributed by atoms with Crippen molar-refractivity contribution in [3.63, 3.8) is 0 Å². The lowest BCUT2D eigenvalue weighted by Gasteiger charge is -1.94. The third kappa shape index (κ3) is 9.16. The van der Waals surface area contributed by atoms with Crippen LogP contribution in [0, 0.1) is 12.2 Å². The molecule has 0 aromatic heterocycles. The van der Waals surface area contributed by atoms with Gasteiger partial charge in [-0.15, -0.1) is 0 Å². The van der Waals surface area contributed by atoms with E-state index in [0.29, 0.717) is 13.2 Å². The molecule has 0 rings (SSSR count). The Balaban J connectivity index is 3.01. The fraction of sp³-hybridized carbons (Fsp3) is 0.800. The first-order chi connectivity index (χ1) is 5.91. The first-order valence-corrected chi connectivity index (χ1v) is 4.65. The highest BCUT2D eigenvalue weighted by Gasteiger charge is 1.81. The lowest BCUT2D eigenvalue weighted by atomic mass is 10.4. The molecule has 0 unspecified atom stereocenters. The van der Waals surface area contributed by atoms with Crippen molar-refractivity contribution in [3.8, 4) is 12.2 Å². The van der Waals surface area contributed by atoms with Crippen LogP contribution in [0.1, 0.15) is 39.5 Å². The van der Waals surface area contributed by atoms with Crippen molar-refractivity contribution in [2.24, 2.45) is 0 Å². The molecule has 0 N–H and O–H groups in total. The van der Waals surface area contributed by atoms with E-state index in [9.17, 15) is 0 Å². The van der Waals surface area contributed by atoms with Crippen LogP contribution in [0.25, 0.3) is 0 Å². The Labute approximate surface area is 75.3 Å². The molecule has 70 valence electrons. The highest BCUT2D eigenvalue weighted by atomic mass is 16.5. The van der Waals surface area contributed by atoms with Crippen LogP contribution < -0.4 is 0 Å². The van der Waals surface area contributed by atoms with E-state index in [2.05, 4.69) is 26.1 Å². The van der Waals surface area contributed by atoms with Crippen LogP contribution in [-0.4, -0.2) is 13.2 Å². The van der Waals surface area contributed by atoms with Gasteiger partial charge < -0.3 is 9.47 Å². The van der Waals surface area contributed by atoms with Gasteiger partial charge in [0.05, 0.1) is 0 Å². The van der Waals surface area contributed by atoms with E-state index in [4.69, 9.17) is 9.47 Å². The van der Waals surface area contributed by atoms with Gasteiger partial charge in [-0.3, -0.25) is 0 Å². The van der Waals surface area contributed by atoms with E-state index >= 15 is 0 Å². The van der Waals surface area contributed by atoms with Gasteiger partial charge in [-0.1, -0.05) is 26.7 Å². The second-order valence-corrected chi connectivity index (χ2v) is 2.61. The summed E-state index contributed by atoms with van der Waals surface area (Å²) in [5.41, 5.74) is 0. The van der Waals surface area contributed by atoms with Crippen molar-refractivity contribution in [1.82, 2.24) is 0 Å². The van der Waals surface area contributed by atoms with E-state index in [1.807, 2.05) is 0 Å². The molecule has 0 radical (unpaired) electrons. The van der Waals surface area contributed by atoms with Gasteiger partial charge in [0.25, 0.3) is 0 Å². The molecule has 0 saturated carbocycles. The van der Waals surface area contributed by atoms with Crippen molar-refractivity contribution in [2.45, 2.75) is 39.5 Å². The number of ether oxygens (including phenoxy) is 2. The van der Waals surface area contributed by atoms with Crippen LogP contribution in [0.2, 0.25) is 0 Å². The minimum atomic E-state index is 0.709. The highest BCUT2D eigenvalue weighted by Crippen LogP contribution is 1.87. The molecule has 0 aliphatic rings. The molecule has 0 aliphatic carbocycles. The number of hydrogen-bond donors (Lipinski definition) is 0. The van der Waals surface area contributed by atoms with Crippen molar-refractivity contribution >= 4 is 0 Å². The predicted octanol–water partition coefficient (Wildman–Crippen LogP) is 2.54. The van der Waals surface area contributed by atoms with Crippen LogP contribution in [0.3, 0.4) is 0 Å². The minimum Gasteiger partial charge on any atom is -0.444 e. The van der Waals surface area contributed by atoms with Crippen molar-refractivity contribution in [2.75, 3.05) is 13.2 Å².